The smallest absolute Gasteiger partial charge is 0.269 e. The van der Waals surface area contributed by atoms with Gasteiger partial charge in [0.05, 0.1) is 18.3 Å². The lowest BCUT2D eigenvalue weighted by Crippen LogP contribution is -2.60. The Bertz CT molecular complexity index is 554. The zero-order valence-electron chi connectivity index (χ0n) is 11.4. The molecule has 3 rings (SSSR count). The Morgan fingerprint density at radius 1 is 1.40 bits per heavy atom. The molecular weight excluding hydrogens is 278 g/mol. The number of hydrogen-bond acceptors (Lipinski definition) is 4. The van der Waals surface area contributed by atoms with Crippen molar-refractivity contribution < 1.29 is 5.11 Å². The molecule has 2 heterocycles. The van der Waals surface area contributed by atoms with Gasteiger partial charge in [-0.25, -0.2) is 4.98 Å². The molecule has 1 unspecified atom stereocenters. The van der Waals surface area contributed by atoms with E-state index in [9.17, 15) is 9.90 Å². The van der Waals surface area contributed by atoms with Crippen LogP contribution in [0.15, 0.2) is 17.2 Å². The summed E-state index contributed by atoms with van der Waals surface area (Å²) in [5.41, 5.74) is -1.17. The van der Waals surface area contributed by atoms with Crippen LogP contribution < -0.4 is 10.9 Å². The number of rotatable bonds is 2. The van der Waals surface area contributed by atoms with Gasteiger partial charge in [0.1, 0.15) is 5.15 Å². The third-order valence-electron chi connectivity index (χ3n) is 5.00. The van der Waals surface area contributed by atoms with Gasteiger partial charge in [0.25, 0.3) is 5.56 Å². The Kier molecular flexibility index (Phi) is 3.60. The molecule has 2 aliphatic rings. The molecule has 0 aromatic carbocycles. The first-order chi connectivity index (χ1) is 9.55. The van der Waals surface area contributed by atoms with E-state index in [1.165, 1.54) is 17.0 Å². The summed E-state index contributed by atoms with van der Waals surface area (Å²) in [7, 11) is 0. The molecule has 1 atom stereocenters. The van der Waals surface area contributed by atoms with E-state index >= 15 is 0 Å². The van der Waals surface area contributed by atoms with Gasteiger partial charge in [-0.1, -0.05) is 24.4 Å². The van der Waals surface area contributed by atoms with Crippen molar-refractivity contribution in [3.63, 3.8) is 0 Å². The average Bonchev–Trinajstić information content (AvgIpc) is 2.88. The Hall–Kier alpha value is -0.910. The van der Waals surface area contributed by atoms with Crippen LogP contribution in [0.5, 0.6) is 0 Å². The molecule has 0 amide bonds. The SMILES string of the molecule is O=c1cnc(Cl)cn1CC1(O)CCNCC12CCCC2. The topological polar surface area (TPSA) is 67.2 Å². The minimum absolute atomic E-state index is 0.111. The number of piperidine rings is 1. The molecule has 1 spiro atoms. The first-order valence-electron chi connectivity index (χ1n) is 7.20. The Labute approximate surface area is 123 Å². The molecule has 1 aromatic heterocycles. The van der Waals surface area contributed by atoms with E-state index in [0.29, 0.717) is 13.0 Å². The van der Waals surface area contributed by atoms with Crippen molar-refractivity contribution in [2.75, 3.05) is 13.1 Å². The van der Waals surface area contributed by atoms with Crippen LogP contribution in [-0.2, 0) is 6.54 Å². The maximum atomic E-state index is 11.9. The maximum absolute atomic E-state index is 11.9. The number of hydrogen-bond donors (Lipinski definition) is 2. The lowest BCUT2D eigenvalue weighted by Gasteiger charge is -2.49. The standard InChI is InChI=1S/C14H20ClN3O2/c15-11-8-18(12(19)7-17-11)10-14(20)5-6-16-9-13(14)3-1-2-4-13/h7-8,16,20H,1-6,9-10H2. The maximum Gasteiger partial charge on any atom is 0.269 e. The lowest BCUT2D eigenvalue weighted by atomic mass is 9.66. The van der Waals surface area contributed by atoms with Gasteiger partial charge in [-0.05, 0) is 25.8 Å². The van der Waals surface area contributed by atoms with Crippen LogP contribution in [0, 0.1) is 5.41 Å². The van der Waals surface area contributed by atoms with Gasteiger partial charge in [0.15, 0.2) is 0 Å². The zero-order valence-corrected chi connectivity index (χ0v) is 12.2. The molecule has 0 bridgehead atoms. The molecule has 110 valence electrons. The summed E-state index contributed by atoms with van der Waals surface area (Å²) in [5, 5.41) is 14.9. The van der Waals surface area contributed by atoms with Crippen molar-refractivity contribution in [2.45, 2.75) is 44.2 Å². The number of aliphatic hydroxyl groups is 1. The van der Waals surface area contributed by atoms with Crippen molar-refractivity contribution >= 4 is 11.6 Å². The molecule has 6 heteroatoms. The zero-order chi connectivity index (χ0) is 14.2. The Balaban J connectivity index is 1.93. The van der Waals surface area contributed by atoms with E-state index in [1.54, 1.807) is 0 Å². The lowest BCUT2D eigenvalue weighted by molar-refractivity contribution is -0.115. The molecule has 1 aromatic rings. The molecule has 20 heavy (non-hydrogen) atoms. The second-order valence-corrected chi connectivity index (χ2v) is 6.51. The average molecular weight is 298 g/mol. The predicted molar refractivity (Wildman–Crippen MR) is 76.8 cm³/mol. The first-order valence-corrected chi connectivity index (χ1v) is 7.58. The summed E-state index contributed by atoms with van der Waals surface area (Å²) in [6, 6.07) is 0. The molecule has 2 fully saturated rings. The molecule has 1 aliphatic heterocycles. The molecular formula is C14H20ClN3O2. The van der Waals surface area contributed by atoms with Crippen LogP contribution in [0.4, 0.5) is 0 Å². The Morgan fingerprint density at radius 3 is 2.90 bits per heavy atom. The molecule has 1 aliphatic carbocycles. The monoisotopic (exact) mass is 297 g/mol. The predicted octanol–water partition coefficient (Wildman–Crippen LogP) is 1.18. The van der Waals surface area contributed by atoms with Crippen molar-refractivity contribution in [3.05, 3.63) is 27.9 Å². The van der Waals surface area contributed by atoms with Gasteiger partial charge < -0.3 is 15.0 Å². The summed E-state index contributed by atoms with van der Waals surface area (Å²) in [5.74, 6) is 0. The van der Waals surface area contributed by atoms with Gasteiger partial charge in [-0.3, -0.25) is 4.79 Å². The van der Waals surface area contributed by atoms with Gasteiger partial charge in [0, 0.05) is 18.2 Å². The summed E-state index contributed by atoms with van der Waals surface area (Å²) in [6.45, 7) is 1.92. The summed E-state index contributed by atoms with van der Waals surface area (Å²) in [6.07, 6.45) is 7.74. The minimum atomic E-state index is -0.844. The van der Waals surface area contributed by atoms with Gasteiger partial charge in [0.2, 0.25) is 0 Å². The summed E-state index contributed by atoms with van der Waals surface area (Å²) in [4.78, 5) is 15.7. The molecule has 1 saturated carbocycles. The highest BCUT2D eigenvalue weighted by molar-refractivity contribution is 6.29. The summed E-state index contributed by atoms with van der Waals surface area (Å²) >= 11 is 5.87. The van der Waals surface area contributed by atoms with E-state index in [1.807, 2.05) is 0 Å². The van der Waals surface area contributed by atoms with Crippen molar-refractivity contribution in [2.24, 2.45) is 5.41 Å². The largest absolute Gasteiger partial charge is 0.387 e. The van der Waals surface area contributed by atoms with Crippen molar-refractivity contribution in [1.82, 2.24) is 14.9 Å². The van der Waals surface area contributed by atoms with Gasteiger partial charge in [-0.2, -0.15) is 0 Å². The third kappa shape index (κ3) is 2.28. The van der Waals surface area contributed by atoms with Crippen LogP contribution in [0.25, 0.3) is 0 Å². The molecule has 2 N–H and O–H groups in total. The number of nitrogens with zero attached hydrogens (tertiary/aromatic N) is 2. The van der Waals surface area contributed by atoms with E-state index in [0.717, 1.165) is 38.8 Å². The fraction of sp³-hybridized carbons (Fsp3) is 0.714. The van der Waals surface area contributed by atoms with Crippen LogP contribution >= 0.6 is 11.6 Å². The fourth-order valence-corrected chi connectivity index (χ4v) is 3.98. The van der Waals surface area contributed by atoms with Crippen molar-refractivity contribution in [3.8, 4) is 0 Å². The van der Waals surface area contributed by atoms with E-state index in [4.69, 9.17) is 11.6 Å². The van der Waals surface area contributed by atoms with E-state index in [2.05, 4.69) is 10.3 Å². The molecule has 1 saturated heterocycles. The highest BCUT2D eigenvalue weighted by Gasteiger charge is 2.53. The second kappa shape index (κ2) is 5.13. The van der Waals surface area contributed by atoms with Gasteiger partial charge >= 0.3 is 0 Å². The van der Waals surface area contributed by atoms with Crippen molar-refractivity contribution in [1.29, 1.82) is 0 Å². The highest BCUT2D eigenvalue weighted by Crippen LogP contribution is 2.49. The molecule has 5 nitrogen and oxygen atoms in total. The molecule has 0 radical (unpaired) electrons. The number of nitrogens with one attached hydrogen (secondary N) is 1. The number of aromatic nitrogens is 2. The minimum Gasteiger partial charge on any atom is -0.387 e. The highest BCUT2D eigenvalue weighted by atomic mass is 35.5. The first kappa shape index (κ1) is 14.0. The van der Waals surface area contributed by atoms with Crippen LogP contribution in [-0.4, -0.2) is 33.3 Å². The normalized spacial score (nSPS) is 28.9. The number of halogens is 1. The quantitative estimate of drug-likeness (QED) is 0.860. The van der Waals surface area contributed by atoms with Gasteiger partial charge in [-0.15, -0.1) is 0 Å². The summed E-state index contributed by atoms with van der Waals surface area (Å²) < 4.78 is 1.50. The van der Waals surface area contributed by atoms with Crippen LogP contribution in [0.1, 0.15) is 32.1 Å². The van der Waals surface area contributed by atoms with Crippen LogP contribution in [0.3, 0.4) is 0 Å². The third-order valence-corrected chi connectivity index (χ3v) is 5.20. The van der Waals surface area contributed by atoms with Crippen LogP contribution in [0.2, 0.25) is 5.15 Å². The second-order valence-electron chi connectivity index (χ2n) is 6.12. The Morgan fingerprint density at radius 2 is 2.15 bits per heavy atom. The van der Waals surface area contributed by atoms with E-state index in [-0.39, 0.29) is 16.1 Å². The van der Waals surface area contributed by atoms with E-state index < -0.39 is 5.60 Å². The fourth-order valence-electron chi connectivity index (χ4n) is 3.82.